The largest absolute Gasteiger partial charge is 0.379 e. The fourth-order valence-corrected chi connectivity index (χ4v) is 2.27. The number of hydrogen-bond acceptors (Lipinski definition) is 5. The minimum Gasteiger partial charge on any atom is -0.379 e. The van der Waals surface area contributed by atoms with E-state index < -0.39 is 0 Å². The molecular formula is C14H21N3O3. The average molecular weight is 279 g/mol. The molecule has 0 unspecified atom stereocenters. The highest BCUT2D eigenvalue weighted by Gasteiger charge is 2.15. The van der Waals surface area contributed by atoms with Crippen molar-refractivity contribution < 1.29 is 9.66 Å². The van der Waals surface area contributed by atoms with Crippen LogP contribution in [0.1, 0.15) is 12.5 Å². The lowest BCUT2D eigenvalue weighted by atomic mass is 10.1. The molecule has 0 atom stereocenters. The predicted octanol–water partition coefficient (Wildman–Crippen LogP) is 1.90. The van der Waals surface area contributed by atoms with E-state index in [0.717, 1.165) is 44.8 Å². The van der Waals surface area contributed by atoms with Crippen LogP contribution in [0.3, 0.4) is 0 Å². The number of aryl methyl sites for hydroxylation is 1. The SMILES string of the molecule is CCc1ccc(NCCN2CCOCC2)c([N+](=O)[O-])c1. The van der Waals surface area contributed by atoms with Crippen molar-refractivity contribution in [2.75, 3.05) is 44.7 Å². The summed E-state index contributed by atoms with van der Waals surface area (Å²) >= 11 is 0. The second-order valence-corrected chi connectivity index (χ2v) is 4.84. The highest BCUT2D eigenvalue weighted by atomic mass is 16.6. The summed E-state index contributed by atoms with van der Waals surface area (Å²) in [5.74, 6) is 0. The quantitative estimate of drug-likeness (QED) is 0.636. The first kappa shape index (κ1) is 14.7. The van der Waals surface area contributed by atoms with E-state index in [1.807, 2.05) is 13.0 Å². The van der Waals surface area contributed by atoms with Crippen LogP contribution in [0.15, 0.2) is 18.2 Å². The summed E-state index contributed by atoms with van der Waals surface area (Å²) in [5.41, 5.74) is 1.74. The summed E-state index contributed by atoms with van der Waals surface area (Å²) in [5, 5.41) is 14.3. The van der Waals surface area contributed by atoms with Crippen molar-refractivity contribution in [3.63, 3.8) is 0 Å². The molecule has 1 aromatic carbocycles. The zero-order valence-electron chi connectivity index (χ0n) is 11.8. The Labute approximate surface area is 118 Å². The third-order valence-corrected chi connectivity index (χ3v) is 3.51. The van der Waals surface area contributed by atoms with E-state index in [1.54, 1.807) is 12.1 Å². The number of benzene rings is 1. The van der Waals surface area contributed by atoms with Gasteiger partial charge in [-0.15, -0.1) is 0 Å². The third kappa shape index (κ3) is 3.91. The number of nitro groups is 1. The van der Waals surface area contributed by atoms with Crippen LogP contribution < -0.4 is 5.32 Å². The van der Waals surface area contributed by atoms with Crippen LogP contribution in [0.2, 0.25) is 0 Å². The first-order valence-electron chi connectivity index (χ1n) is 7.02. The first-order valence-corrected chi connectivity index (χ1v) is 7.02. The van der Waals surface area contributed by atoms with Crippen molar-refractivity contribution in [2.24, 2.45) is 0 Å². The molecule has 6 heteroatoms. The monoisotopic (exact) mass is 279 g/mol. The topological polar surface area (TPSA) is 67.6 Å². The number of rotatable bonds is 6. The number of nitrogens with one attached hydrogen (secondary N) is 1. The molecule has 1 saturated heterocycles. The Hall–Kier alpha value is -1.66. The van der Waals surface area contributed by atoms with Crippen molar-refractivity contribution in [1.82, 2.24) is 4.90 Å². The van der Waals surface area contributed by atoms with Gasteiger partial charge in [-0.1, -0.05) is 13.0 Å². The number of nitrogens with zero attached hydrogens (tertiary/aromatic N) is 2. The lowest BCUT2D eigenvalue weighted by molar-refractivity contribution is -0.384. The van der Waals surface area contributed by atoms with E-state index in [2.05, 4.69) is 10.2 Å². The van der Waals surface area contributed by atoms with Crippen LogP contribution in [0.25, 0.3) is 0 Å². The maximum absolute atomic E-state index is 11.1. The van der Waals surface area contributed by atoms with E-state index in [0.29, 0.717) is 12.2 Å². The number of nitro benzene ring substituents is 1. The molecular weight excluding hydrogens is 258 g/mol. The molecule has 0 amide bonds. The minimum atomic E-state index is -0.323. The van der Waals surface area contributed by atoms with Crippen LogP contribution in [0.4, 0.5) is 11.4 Å². The molecule has 0 spiro atoms. The number of anilines is 1. The Morgan fingerprint density at radius 1 is 1.40 bits per heavy atom. The lowest BCUT2D eigenvalue weighted by Gasteiger charge is -2.26. The lowest BCUT2D eigenvalue weighted by Crippen LogP contribution is -2.39. The summed E-state index contributed by atoms with van der Waals surface area (Å²) in [4.78, 5) is 13.1. The fourth-order valence-electron chi connectivity index (χ4n) is 2.27. The van der Waals surface area contributed by atoms with Gasteiger partial charge in [0.2, 0.25) is 0 Å². The standard InChI is InChI=1S/C14H21N3O3/c1-2-12-3-4-13(14(11-12)17(18)19)15-5-6-16-7-9-20-10-8-16/h3-4,11,15H,2,5-10H2,1H3. The molecule has 0 bridgehead atoms. The zero-order chi connectivity index (χ0) is 14.4. The molecule has 0 aliphatic carbocycles. The van der Waals surface area contributed by atoms with Gasteiger partial charge in [-0.3, -0.25) is 15.0 Å². The van der Waals surface area contributed by atoms with Gasteiger partial charge in [0.1, 0.15) is 5.69 Å². The first-order chi connectivity index (χ1) is 9.70. The summed E-state index contributed by atoms with van der Waals surface area (Å²) in [6.45, 7) is 6.96. The number of morpholine rings is 1. The molecule has 110 valence electrons. The van der Waals surface area contributed by atoms with Crippen LogP contribution in [-0.2, 0) is 11.2 Å². The summed E-state index contributed by atoms with van der Waals surface area (Å²) < 4.78 is 5.29. The number of hydrogen-bond donors (Lipinski definition) is 1. The van der Waals surface area contributed by atoms with Crippen molar-refractivity contribution in [3.8, 4) is 0 Å². The predicted molar refractivity (Wildman–Crippen MR) is 78.2 cm³/mol. The summed E-state index contributed by atoms with van der Waals surface area (Å²) in [6.07, 6.45) is 0.800. The smallest absolute Gasteiger partial charge is 0.292 e. The van der Waals surface area contributed by atoms with Crippen LogP contribution >= 0.6 is 0 Å². The van der Waals surface area contributed by atoms with Crippen molar-refractivity contribution in [3.05, 3.63) is 33.9 Å². The van der Waals surface area contributed by atoms with Crippen LogP contribution in [0.5, 0.6) is 0 Å². The molecule has 1 N–H and O–H groups in total. The van der Waals surface area contributed by atoms with Gasteiger partial charge in [0.15, 0.2) is 0 Å². The maximum atomic E-state index is 11.1. The average Bonchev–Trinajstić information content (AvgIpc) is 2.48. The third-order valence-electron chi connectivity index (χ3n) is 3.51. The van der Waals surface area contributed by atoms with E-state index in [4.69, 9.17) is 4.74 Å². The molecule has 1 heterocycles. The van der Waals surface area contributed by atoms with E-state index in [1.165, 1.54) is 0 Å². The highest BCUT2D eigenvalue weighted by Crippen LogP contribution is 2.25. The normalized spacial score (nSPS) is 16.1. The molecule has 20 heavy (non-hydrogen) atoms. The second kappa shape index (κ2) is 7.21. The Morgan fingerprint density at radius 2 is 2.15 bits per heavy atom. The summed E-state index contributed by atoms with van der Waals surface area (Å²) in [7, 11) is 0. The van der Waals surface area contributed by atoms with Crippen molar-refractivity contribution in [2.45, 2.75) is 13.3 Å². The van der Waals surface area contributed by atoms with E-state index in [-0.39, 0.29) is 10.6 Å². The van der Waals surface area contributed by atoms with Crippen LogP contribution in [0, 0.1) is 10.1 Å². The Kier molecular flexibility index (Phi) is 5.31. The molecule has 0 saturated carbocycles. The molecule has 0 radical (unpaired) electrons. The molecule has 0 aromatic heterocycles. The minimum absolute atomic E-state index is 0.159. The zero-order valence-corrected chi connectivity index (χ0v) is 11.8. The Balaban J connectivity index is 1.92. The number of ether oxygens (including phenoxy) is 1. The van der Waals surface area contributed by atoms with Crippen molar-refractivity contribution in [1.29, 1.82) is 0 Å². The Bertz CT molecular complexity index is 459. The van der Waals surface area contributed by atoms with Gasteiger partial charge in [-0.05, 0) is 18.1 Å². The van der Waals surface area contributed by atoms with Gasteiger partial charge < -0.3 is 10.1 Å². The molecule has 6 nitrogen and oxygen atoms in total. The van der Waals surface area contributed by atoms with Gasteiger partial charge in [0, 0.05) is 32.2 Å². The molecule has 1 aromatic rings. The molecule has 2 rings (SSSR count). The van der Waals surface area contributed by atoms with Gasteiger partial charge in [0.25, 0.3) is 5.69 Å². The second-order valence-electron chi connectivity index (χ2n) is 4.84. The molecule has 1 fully saturated rings. The van der Waals surface area contributed by atoms with Gasteiger partial charge in [-0.2, -0.15) is 0 Å². The van der Waals surface area contributed by atoms with Gasteiger partial charge in [-0.25, -0.2) is 0 Å². The highest BCUT2D eigenvalue weighted by molar-refractivity contribution is 5.62. The maximum Gasteiger partial charge on any atom is 0.292 e. The van der Waals surface area contributed by atoms with Crippen molar-refractivity contribution >= 4 is 11.4 Å². The fraction of sp³-hybridized carbons (Fsp3) is 0.571. The van der Waals surface area contributed by atoms with E-state index in [9.17, 15) is 10.1 Å². The van der Waals surface area contributed by atoms with Crippen LogP contribution in [-0.4, -0.2) is 49.2 Å². The summed E-state index contributed by atoms with van der Waals surface area (Å²) in [6, 6.07) is 5.39. The van der Waals surface area contributed by atoms with E-state index >= 15 is 0 Å². The molecule has 1 aliphatic rings. The Morgan fingerprint density at radius 3 is 2.80 bits per heavy atom. The van der Waals surface area contributed by atoms with Gasteiger partial charge in [0.05, 0.1) is 18.1 Å². The van der Waals surface area contributed by atoms with Gasteiger partial charge >= 0.3 is 0 Å². The molecule has 1 aliphatic heterocycles.